The molecule has 0 saturated carbocycles. The molecule has 1 saturated heterocycles. The first kappa shape index (κ1) is 28.2. The van der Waals surface area contributed by atoms with Crippen LogP contribution in [-0.2, 0) is 21.5 Å². The minimum Gasteiger partial charge on any atom is -0.490 e. The highest BCUT2D eigenvalue weighted by Crippen LogP contribution is 2.41. The zero-order chi connectivity index (χ0) is 27.6. The van der Waals surface area contributed by atoms with Gasteiger partial charge in [-0.2, -0.15) is 8.42 Å². The van der Waals surface area contributed by atoms with E-state index < -0.39 is 27.1 Å². The normalized spacial score (nSPS) is 14.9. The maximum Gasteiger partial charge on any atom is 0.339 e. The van der Waals surface area contributed by atoms with Crippen LogP contribution in [0.2, 0.25) is 5.02 Å². The van der Waals surface area contributed by atoms with Crippen molar-refractivity contribution in [2.45, 2.75) is 25.3 Å². The molecule has 0 N–H and O–H groups in total. The van der Waals surface area contributed by atoms with Crippen molar-refractivity contribution in [3.63, 3.8) is 0 Å². The Bertz CT molecular complexity index is 1560. The van der Waals surface area contributed by atoms with E-state index in [-0.39, 0.29) is 43.9 Å². The average Bonchev–Trinajstić information content (AvgIpc) is 3.10. The average molecular weight is 641 g/mol. The molecule has 3 aromatic carbocycles. The van der Waals surface area contributed by atoms with Crippen molar-refractivity contribution in [3.8, 4) is 11.5 Å². The number of halogens is 3. The molecule has 7 nitrogen and oxygen atoms in total. The molecule has 0 aliphatic carbocycles. The van der Waals surface area contributed by atoms with Gasteiger partial charge in [0.05, 0.1) is 22.5 Å². The summed E-state index contributed by atoms with van der Waals surface area (Å²) in [6.07, 6.45) is 1.49. The molecule has 4 rings (SSSR count). The van der Waals surface area contributed by atoms with Gasteiger partial charge in [-0.1, -0.05) is 35.4 Å². The Morgan fingerprint density at radius 2 is 1.82 bits per heavy atom. The third-order valence-corrected chi connectivity index (χ3v) is 8.43. The van der Waals surface area contributed by atoms with Gasteiger partial charge in [-0.15, -0.1) is 0 Å². The Hall–Kier alpha value is -2.86. The third kappa shape index (κ3) is 6.23. The van der Waals surface area contributed by atoms with Crippen LogP contribution in [0.3, 0.4) is 0 Å². The molecule has 0 bridgehead atoms. The van der Waals surface area contributed by atoms with E-state index in [9.17, 15) is 22.4 Å². The van der Waals surface area contributed by atoms with Crippen LogP contribution in [0.25, 0.3) is 6.08 Å². The van der Waals surface area contributed by atoms with Crippen LogP contribution in [0.1, 0.15) is 23.6 Å². The van der Waals surface area contributed by atoms with Gasteiger partial charge in [0.2, 0.25) is 0 Å². The molecule has 1 fully saturated rings. The highest BCUT2D eigenvalue weighted by Gasteiger charge is 2.35. The summed E-state index contributed by atoms with van der Waals surface area (Å²) in [5.41, 5.74) is 1.79. The first-order valence-electron chi connectivity index (χ1n) is 11.2. The number of aryl methyl sites for hydroxylation is 1. The van der Waals surface area contributed by atoms with Gasteiger partial charge in [0, 0.05) is 5.02 Å². The van der Waals surface area contributed by atoms with Crippen LogP contribution in [-0.4, -0.2) is 31.1 Å². The maximum absolute atomic E-state index is 13.4. The minimum absolute atomic E-state index is 0.0172. The molecule has 3 aromatic rings. The summed E-state index contributed by atoms with van der Waals surface area (Å²) in [6.45, 7) is 3.67. The van der Waals surface area contributed by atoms with Gasteiger partial charge in [-0.25, -0.2) is 4.39 Å². The van der Waals surface area contributed by atoms with Crippen LogP contribution in [0.4, 0.5) is 9.18 Å². The lowest BCUT2D eigenvalue weighted by atomic mass is 10.1. The van der Waals surface area contributed by atoms with E-state index >= 15 is 0 Å². The Morgan fingerprint density at radius 3 is 2.47 bits per heavy atom. The number of imide groups is 1. The van der Waals surface area contributed by atoms with Crippen molar-refractivity contribution < 1.29 is 31.3 Å². The quantitative estimate of drug-likeness (QED) is 0.194. The Kier molecular flexibility index (Phi) is 8.51. The number of benzene rings is 3. The van der Waals surface area contributed by atoms with Crippen molar-refractivity contribution in [1.82, 2.24) is 4.90 Å². The fourth-order valence-electron chi connectivity index (χ4n) is 3.49. The number of amides is 2. The molecule has 1 aliphatic rings. The van der Waals surface area contributed by atoms with Gasteiger partial charge in [-0.05, 0) is 95.1 Å². The number of rotatable bonds is 8. The van der Waals surface area contributed by atoms with E-state index in [1.54, 1.807) is 25.1 Å². The van der Waals surface area contributed by atoms with Crippen molar-refractivity contribution in [1.29, 1.82) is 0 Å². The SMILES string of the molecule is CCOc1cc(/C=C2\SC(=O)N(Cc3ccc(F)cc3Cl)C2=O)cc(Br)c1OS(=O)(=O)c1ccc(C)cc1. The summed E-state index contributed by atoms with van der Waals surface area (Å²) >= 11 is 10.1. The second-order valence-electron chi connectivity index (χ2n) is 8.12. The fourth-order valence-corrected chi connectivity index (χ4v) is 6.16. The lowest BCUT2D eigenvalue weighted by Gasteiger charge is -2.15. The molecule has 38 heavy (non-hydrogen) atoms. The number of carbonyl (C=O) groups excluding carboxylic acids is 2. The first-order valence-corrected chi connectivity index (χ1v) is 14.5. The van der Waals surface area contributed by atoms with Crippen molar-refractivity contribution >= 4 is 66.6 Å². The number of nitrogens with zero attached hydrogens (tertiary/aromatic N) is 1. The number of carbonyl (C=O) groups is 2. The van der Waals surface area contributed by atoms with Crippen LogP contribution in [0.15, 0.2) is 68.9 Å². The summed E-state index contributed by atoms with van der Waals surface area (Å²) in [5.74, 6) is -0.996. The molecular weight excluding hydrogens is 621 g/mol. The third-order valence-electron chi connectivity index (χ3n) is 5.35. The van der Waals surface area contributed by atoms with Crippen LogP contribution in [0, 0.1) is 12.7 Å². The molecule has 1 heterocycles. The zero-order valence-corrected chi connectivity index (χ0v) is 24.0. The summed E-state index contributed by atoms with van der Waals surface area (Å²) in [7, 11) is -4.16. The van der Waals surface area contributed by atoms with E-state index in [1.807, 2.05) is 6.92 Å². The highest BCUT2D eigenvalue weighted by atomic mass is 79.9. The minimum atomic E-state index is -4.16. The number of thioether (sulfide) groups is 1. The van der Waals surface area contributed by atoms with Crippen molar-refractivity contribution in [2.24, 2.45) is 0 Å². The van der Waals surface area contributed by atoms with Crippen LogP contribution in [0.5, 0.6) is 11.5 Å². The smallest absolute Gasteiger partial charge is 0.339 e. The summed E-state index contributed by atoms with van der Waals surface area (Å²) in [5, 5.41) is -0.399. The zero-order valence-electron chi connectivity index (χ0n) is 20.0. The monoisotopic (exact) mass is 639 g/mol. The van der Waals surface area contributed by atoms with Gasteiger partial charge in [0.15, 0.2) is 11.5 Å². The lowest BCUT2D eigenvalue weighted by Crippen LogP contribution is -2.27. The standard InChI is InChI=1S/C26H20BrClFNO6S2/c1-3-35-22-11-16(10-20(27)24(22)36-38(33,34)19-8-4-15(2)5-9-19)12-23-25(31)30(26(32)37-23)14-17-6-7-18(29)13-21(17)28/h4-13H,3,14H2,1-2H3/b23-12-. The molecule has 0 aromatic heterocycles. The molecule has 198 valence electrons. The Labute approximate surface area is 236 Å². The summed E-state index contributed by atoms with van der Waals surface area (Å²) in [4.78, 5) is 26.7. The second-order valence-corrected chi connectivity index (χ2v) is 11.9. The Balaban J connectivity index is 1.62. The van der Waals surface area contributed by atoms with E-state index in [0.717, 1.165) is 28.3 Å². The van der Waals surface area contributed by atoms with Gasteiger partial charge >= 0.3 is 10.1 Å². The van der Waals surface area contributed by atoms with Crippen molar-refractivity contribution in [3.05, 3.63) is 91.5 Å². The van der Waals surface area contributed by atoms with Crippen molar-refractivity contribution in [2.75, 3.05) is 6.61 Å². The molecule has 0 unspecified atom stereocenters. The first-order chi connectivity index (χ1) is 18.0. The number of hydrogen-bond donors (Lipinski definition) is 0. The predicted molar refractivity (Wildman–Crippen MR) is 147 cm³/mol. The Morgan fingerprint density at radius 1 is 1.11 bits per heavy atom. The molecule has 2 amide bonds. The highest BCUT2D eigenvalue weighted by molar-refractivity contribution is 9.10. The van der Waals surface area contributed by atoms with E-state index in [2.05, 4.69) is 15.9 Å². The molecule has 0 radical (unpaired) electrons. The fraction of sp³-hybridized carbons (Fsp3) is 0.154. The molecule has 1 aliphatic heterocycles. The van der Waals surface area contributed by atoms with Gasteiger partial charge in [-0.3, -0.25) is 14.5 Å². The van der Waals surface area contributed by atoms with Crippen LogP contribution < -0.4 is 8.92 Å². The largest absolute Gasteiger partial charge is 0.490 e. The van der Waals surface area contributed by atoms with Gasteiger partial charge < -0.3 is 8.92 Å². The van der Waals surface area contributed by atoms with Gasteiger partial charge in [0.1, 0.15) is 10.7 Å². The molecule has 12 heteroatoms. The number of hydrogen-bond acceptors (Lipinski definition) is 7. The predicted octanol–water partition coefficient (Wildman–Crippen LogP) is 6.95. The number of ether oxygens (including phenoxy) is 1. The van der Waals surface area contributed by atoms with Crippen LogP contribution >= 0.6 is 39.3 Å². The van der Waals surface area contributed by atoms with E-state index in [0.29, 0.717) is 11.1 Å². The van der Waals surface area contributed by atoms with E-state index in [1.165, 1.54) is 36.4 Å². The molecular formula is C26H20BrClFNO6S2. The summed E-state index contributed by atoms with van der Waals surface area (Å²) < 4.78 is 50.4. The maximum atomic E-state index is 13.4. The van der Waals surface area contributed by atoms with E-state index in [4.69, 9.17) is 20.5 Å². The second kappa shape index (κ2) is 11.5. The topological polar surface area (TPSA) is 90.0 Å². The van der Waals surface area contributed by atoms with Gasteiger partial charge in [0.25, 0.3) is 11.1 Å². The molecule has 0 atom stereocenters. The lowest BCUT2D eigenvalue weighted by molar-refractivity contribution is -0.123. The molecule has 0 spiro atoms. The summed E-state index contributed by atoms with van der Waals surface area (Å²) in [6, 6.07) is 13.0.